The SMILES string of the molecule is CC(Cc1ccc(NS(=O)(=O)O)cc1)c1nc(-c2cccs2)cs1. The third-order valence-electron chi connectivity index (χ3n) is 3.46. The summed E-state index contributed by atoms with van der Waals surface area (Å²) < 4.78 is 32.4. The van der Waals surface area contributed by atoms with Gasteiger partial charge >= 0.3 is 10.3 Å². The normalized spacial score (nSPS) is 12.9. The van der Waals surface area contributed by atoms with Gasteiger partial charge in [0.15, 0.2) is 0 Å². The molecule has 0 saturated carbocycles. The lowest BCUT2D eigenvalue weighted by Gasteiger charge is -2.09. The molecule has 1 atom stereocenters. The Morgan fingerprint density at radius 1 is 1.21 bits per heavy atom. The zero-order valence-electron chi connectivity index (χ0n) is 12.8. The molecular weight excluding hydrogens is 364 g/mol. The summed E-state index contributed by atoms with van der Waals surface area (Å²) in [5, 5.41) is 5.20. The first kappa shape index (κ1) is 17.1. The molecule has 1 aromatic carbocycles. The van der Waals surface area contributed by atoms with Crippen LogP contribution in [0.3, 0.4) is 0 Å². The molecule has 0 spiro atoms. The Morgan fingerprint density at radius 2 is 1.96 bits per heavy atom. The van der Waals surface area contributed by atoms with Gasteiger partial charge in [-0.2, -0.15) is 8.42 Å². The Balaban J connectivity index is 1.67. The van der Waals surface area contributed by atoms with Gasteiger partial charge in [0.25, 0.3) is 0 Å². The summed E-state index contributed by atoms with van der Waals surface area (Å²) in [5.41, 5.74) is 2.43. The fourth-order valence-corrected chi connectivity index (χ4v) is 4.42. The third-order valence-corrected chi connectivity index (χ3v) is 5.92. The number of benzene rings is 1. The first-order valence-electron chi connectivity index (χ1n) is 7.24. The monoisotopic (exact) mass is 380 g/mol. The van der Waals surface area contributed by atoms with Crippen molar-refractivity contribution in [3.05, 3.63) is 57.7 Å². The molecule has 0 saturated heterocycles. The standard InChI is InChI=1S/C16H16N2O3S3/c1-11(16-17-14(10-23-16)15-3-2-8-22-15)9-12-4-6-13(7-5-12)18-24(19,20)21/h2-8,10-11,18H,9H2,1H3,(H,19,20,21). The molecule has 1 unspecified atom stereocenters. The number of aromatic nitrogens is 1. The van der Waals surface area contributed by atoms with Crippen LogP contribution in [-0.4, -0.2) is 18.0 Å². The lowest BCUT2D eigenvalue weighted by Crippen LogP contribution is -2.10. The zero-order valence-corrected chi connectivity index (χ0v) is 15.3. The van der Waals surface area contributed by atoms with E-state index in [1.807, 2.05) is 28.3 Å². The molecule has 0 aliphatic heterocycles. The van der Waals surface area contributed by atoms with Crippen LogP contribution in [0.2, 0.25) is 0 Å². The highest BCUT2D eigenvalue weighted by Gasteiger charge is 2.13. The number of hydrogen-bond acceptors (Lipinski definition) is 5. The van der Waals surface area contributed by atoms with E-state index in [9.17, 15) is 8.42 Å². The lowest BCUT2D eigenvalue weighted by molar-refractivity contribution is 0.489. The van der Waals surface area contributed by atoms with Crippen LogP contribution in [0.15, 0.2) is 47.2 Å². The maximum absolute atomic E-state index is 10.8. The highest BCUT2D eigenvalue weighted by molar-refractivity contribution is 7.87. The van der Waals surface area contributed by atoms with Gasteiger partial charge in [-0.1, -0.05) is 25.1 Å². The summed E-state index contributed by atoms with van der Waals surface area (Å²) in [4.78, 5) is 5.89. The van der Waals surface area contributed by atoms with E-state index >= 15 is 0 Å². The van der Waals surface area contributed by atoms with Crippen LogP contribution in [0.25, 0.3) is 10.6 Å². The highest BCUT2D eigenvalue weighted by Crippen LogP contribution is 2.30. The molecule has 2 heterocycles. The quantitative estimate of drug-likeness (QED) is 0.620. The van der Waals surface area contributed by atoms with Gasteiger partial charge in [0.05, 0.1) is 21.3 Å². The van der Waals surface area contributed by atoms with Gasteiger partial charge < -0.3 is 0 Å². The molecule has 0 radical (unpaired) electrons. The molecule has 126 valence electrons. The zero-order chi connectivity index (χ0) is 17.2. The van der Waals surface area contributed by atoms with E-state index in [-0.39, 0.29) is 5.92 Å². The Hall–Kier alpha value is -1.74. The summed E-state index contributed by atoms with van der Waals surface area (Å²) >= 11 is 3.34. The maximum atomic E-state index is 10.8. The molecular formula is C16H16N2O3S3. The number of hydrogen-bond donors (Lipinski definition) is 2. The highest BCUT2D eigenvalue weighted by atomic mass is 32.2. The van der Waals surface area contributed by atoms with Gasteiger partial charge in [-0.25, -0.2) is 4.98 Å². The van der Waals surface area contributed by atoms with Gasteiger partial charge in [0.2, 0.25) is 0 Å². The number of thiazole rings is 1. The van der Waals surface area contributed by atoms with Gasteiger partial charge in [-0.15, -0.1) is 22.7 Å². The molecule has 8 heteroatoms. The van der Waals surface area contributed by atoms with E-state index in [0.29, 0.717) is 5.69 Å². The van der Waals surface area contributed by atoms with E-state index in [1.54, 1.807) is 34.8 Å². The first-order chi connectivity index (χ1) is 11.4. The van der Waals surface area contributed by atoms with Crippen molar-refractivity contribution in [1.29, 1.82) is 0 Å². The van der Waals surface area contributed by atoms with Crippen molar-refractivity contribution in [2.45, 2.75) is 19.3 Å². The maximum Gasteiger partial charge on any atom is 0.357 e. The molecule has 0 amide bonds. The minimum Gasteiger partial charge on any atom is -0.269 e. The Kier molecular flexibility index (Phi) is 5.00. The minimum atomic E-state index is -4.23. The fourth-order valence-electron chi connectivity index (χ4n) is 2.35. The van der Waals surface area contributed by atoms with Crippen molar-refractivity contribution in [1.82, 2.24) is 4.98 Å². The Bertz CT molecular complexity index is 900. The molecule has 24 heavy (non-hydrogen) atoms. The molecule has 0 aliphatic rings. The summed E-state index contributed by atoms with van der Waals surface area (Å²) in [7, 11) is -4.23. The third kappa shape index (κ3) is 4.41. The van der Waals surface area contributed by atoms with Crippen molar-refractivity contribution in [3.8, 4) is 10.6 Å². The summed E-state index contributed by atoms with van der Waals surface area (Å²) in [5.74, 6) is 0.268. The van der Waals surface area contributed by atoms with E-state index < -0.39 is 10.3 Å². The number of nitrogens with zero attached hydrogens (tertiary/aromatic N) is 1. The molecule has 2 aromatic heterocycles. The Labute approximate surface area is 148 Å². The van der Waals surface area contributed by atoms with Crippen molar-refractivity contribution < 1.29 is 13.0 Å². The molecule has 3 aromatic rings. The van der Waals surface area contributed by atoms with Gasteiger partial charge in [0, 0.05) is 11.3 Å². The van der Waals surface area contributed by atoms with E-state index in [0.717, 1.165) is 22.7 Å². The molecule has 0 aliphatic carbocycles. The van der Waals surface area contributed by atoms with E-state index in [2.05, 4.69) is 18.4 Å². The van der Waals surface area contributed by atoms with Gasteiger partial charge in [-0.3, -0.25) is 9.27 Å². The first-order valence-corrected chi connectivity index (χ1v) is 10.4. The second kappa shape index (κ2) is 7.02. The number of thiophene rings is 1. The van der Waals surface area contributed by atoms with Crippen LogP contribution in [-0.2, 0) is 16.7 Å². The predicted molar refractivity (Wildman–Crippen MR) is 99.2 cm³/mol. The van der Waals surface area contributed by atoms with Crippen LogP contribution in [0, 0.1) is 0 Å². The Morgan fingerprint density at radius 3 is 2.58 bits per heavy atom. The van der Waals surface area contributed by atoms with Crippen molar-refractivity contribution in [2.75, 3.05) is 4.72 Å². The van der Waals surface area contributed by atoms with Crippen LogP contribution >= 0.6 is 22.7 Å². The average molecular weight is 381 g/mol. The minimum absolute atomic E-state index is 0.268. The van der Waals surface area contributed by atoms with Gasteiger partial charge in [-0.05, 0) is 35.6 Å². The second-order valence-corrected chi connectivity index (χ2v) is 8.42. The molecule has 0 fully saturated rings. The second-order valence-electron chi connectivity index (χ2n) is 5.43. The van der Waals surface area contributed by atoms with Crippen molar-refractivity contribution in [2.24, 2.45) is 0 Å². The molecule has 2 N–H and O–H groups in total. The van der Waals surface area contributed by atoms with Crippen LogP contribution in [0.5, 0.6) is 0 Å². The molecule has 3 rings (SSSR count). The summed E-state index contributed by atoms with van der Waals surface area (Å²) in [6, 6.07) is 11.0. The van der Waals surface area contributed by atoms with Crippen LogP contribution in [0.4, 0.5) is 5.69 Å². The molecule has 0 bridgehead atoms. The number of anilines is 1. The van der Waals surface area contributed by atoms with E-state index in [4.69, 9.17) is 9.54 Å². The average Bonchev–Trinajstić information content (AvgIpc) is 3.18. The molecule has 5 nitrogen and oxygen atoms in total. The van der Waals surface area contributed by atoms with Crippen LogP contribution < -0.4 is 4.72 Å². The summed E-state index contributed by atoms with van der Waals surface area (Å²) in [6.07, 6.45) is 0.809. The summed E-state index contributed by atoms with van der Waals surface area (Å²) in [6.45, 7) is 2.13. The topological polar surface area (TPSA) is 79.3 Å². The van der Waals surface area contributed by atoms with Gasteiger partial charge in [0.1, 0.15) is 0 Å². The van der Waals surface area contributed by atoms with Crippen molar-refractivity contribution in [3.63, 3.8) is 0 Å². The largest absolute Gasteiger partial charge is 0.357 e. The van der Waals surface area contributed by atoms with Crippen molar-refractivity contribution >= 4 is 38.7 Å². The lowest BCUT2D eigenvalue weighted by atomic mass is 10.0. The smallest absolute Gasteiger partial charge is 0.269 e. The fraction of sp³-hybridized carbons (Fsp3) is 0.188. The number of rotatable bonds is 6. The number of nitrogens with one attached hydrogen (secondary N) is 1. The van der Waals surface area contributed by atoms with E-state index in [1.165, 1.54) is 4.88 Å². The van der Waals surface area contributed by atoms with Crippen LogP contribution in [0.1, 0.15) is 23.4 Å². The predicted octanol–water partition coefficient (Wildman–Crippen LogP) is 4.43.